The van der Waals surface area contributed by atoms with Crippen molar-refractivity contribution in [2.75, 3.05) is 24.6 Å². The normalized spacial score (nSPS) is 17.9. The number of rotatable bonds is 7. The van der Waals surface area contributed by atoms with Gasteiger partial charge in [0.25, 0.3) is 11.8 Å². The van der Waals surface area contributed by atoms with Crippen LogP contribution in [0.3, 0.4) is 0 Å². The Morgan fingerprint density at radius 2 is 2.11 bits per heavy atom. The van der Waals surface area contributed by atoms with Gasteiger partial charge in [-0.15, -0.1) is 0 Å². The van der Waals surface area contributed by atoms with Crippen LogP contribution in [0.1, 0.15) is 34.6 Å². The van der Waals surface area contributed by atoms with Crippen molar-refractivity contribution in [3.63, 3.8) is 0 Å². The van der Waals surface area contributed by atoms with Gasteiger partial charge in [0.2, 0.25) is 5.88 Å². The van der Waals surface area contributed by atoms with Gasteiger partial charge in [0, 0.05) is 13.2 Å². The molecule has 0 aromatic carbocycles. The Morgan fingerprint density at radius 3 is 2.71 bits per heavy atom. The minimum Gasteiger partial charge on any atom is -0.476 e. The highest BCUT2D eigenvalue weighted by atomic mass is 19.3. The molecular formula is C19H23F2N5O2. The van der Waals surface area contributed by atoms with E-state index in [2.05, 4.69) is 15.4 Å². The molecule has 1 N–H and O–H groups in total. The first kappa shape index (κ1) is 18.6. The number of hydrogen-bond acceptors (Lipinski definition) is 5. The molecule has 2 fully saturated rings. The monoisotopic (exact) mass is 391 g/mol. The topological polar surface area (TPSA) is 72.3 Å². The van der Waals surface area contributed by atoms with Crippen molar-refractivity contribution >= 4 is 11.6 Å². The molecule has 150 valence electrons. The Balaban J connectivity index is 1.47. The maximum absolute atomic E-state index is 13.3. The fourth-order valence-electron chi connectivity index (χ4n) is 3.15. The maximum atomic E-state index is 13.3. The van der Waals surface area contributed by atoms with E-state index in [4.69, 9.17) is 4.74 Å². The van der Waals surface area contributed by atoms with Crippen LogP contribution in [0.15, 0.2) is 18.3 Å². The highest BCUT2D eigenvalue weighted by Crippen LogP contribution is 2.37. The van der Waals surface area contributed by atoms with Crippen molar-refractivity contribution in [3.8, 4) is 5.88 Å². The van der Waals surface area contributed by atoms with Gasteiger partial charge in [-0.1, -0.05) is 0 Å². The molecule has 1 aliphatic heterocycles. The van der Waals surface area contributed by atoms with E-state index in [9.17, 15) is 13.6 Å². The van der Waals surface area contributed by atoms with Gasteiger partial charge in [-0.3, -0.25) is 9.48 Å². The summed E-state index contributed by atoms with van der Waals surface area (Å²) in [6, 6.07) is 3.17. The van der Waals surface area contributed by atoms with Crippen molar-refractivity contribution < 1.29 is 18.3 Å². The first-order valence-corrected chi connectivity index (χ1v) is 9.35. The molecule has 0 radical (unpaired) electrons. The molecule has 1 aliphatic carbocycles. The molecule has 0 spiro atoms. The van der Waals surface area contributed by atoms with Crippen LogP contribution in [-0.2, 0) is 13.6 Å². The summed E-state index contributed by atoms with van der Waals surface area (Å²) in [4.78, 5) is 18.3. The highest BCUT2D eigenvalue weighted by molar-refractivity contribution is 5.92. The van der Waals surface area contributed by atoms with E-state index < -0.39 is 5.92 Å². The minimum atomic E-state index is -2.69. The predicted octanol–water partition coefficient (Wildman–Crippen LogP) is 2.30. The zero-order chi connectivity index (χ0) is 19.9. The number of amides is 1. The average Bonchev–Trinajstić information content (AvgIpc) is 3.39. The lowest BCUT2D eigenvalue weighted by Crippen LogP contribution is -2.56. The quantitative estimate of drug-likeness (QED) is 0.784. The van der Waals surface area contributed by atoms with Crippen LogP contribution in [0, 0.1) is 12.8 Å². The highest BCUT2D eigenvalue weighted by Gasteiger charge is 2.45. The van der Waals surface area contributed by atoms with Crippen LogP contribution in [0.25, 0.3) is 0 Å². The lowest BCUT2D eigenvalue weighted by Gasteiger charge is -2.40. The van der Waals surface area contributed by atoms with Gasteiger partial charge in [0.1, 0.15) is 11.4 Å². The summed E-state index contributed by atoms with van der Waals surface area (Å²) in [5, 5.41) is 7.10. The summed E-state index contributed by atoms with van der Waals surface area (Å²) in [5.41, 5.74) is 2.46. The molecule has 1 saturated heterocycles. The Morgan fingerprint density at radius 1 is 1.36 bits per heavy atom. The molecule has 4 rings (SSSR count). The predicted molar refractivity (Wildman–Crippen MR) is 98.7 cm³/mol. The number of nitrogens with zero attached hydrogens (tertiary/aromatic N) is 4. The number of ether oxygens (including phenoxy) is 1. The number of pyridine rings is 1. The van der Waals surface area contributed by atoms with Crippen LogP contribution in [0.2, 0.25) is 0 Å². The second-order valence-electron chi connectivity index (χ2n) is 7.60. The molecule has 1 saturated carbocycles. The maximum Gasteiger partial charge on any atom is 0.282 e. The molecular weight excluding hydrogens is 368 g/mol. The molecule has 28 heavy (non-hydrogen) atoms. The molecule has 0 atom stereocenters. The Bertz CT molecular complexity index is 886. The van der Waals surface area contributed by atoms with Crippen LogP contribution in [0.5, 0.6) is 5.88 Å². The number of carbonyl (C=O) groups excluding carboxylic acids is 1. The molecule has 2 aliphatic rings. The Kier molecular flexibility index (Phi) is 4.68. The summed E-state index contributed by atoms with van der Waals surface area (Å²) in [7, 11) is 1.82. The van der Waals surface area contributed by atoms with Crippen molar-refractivity contribution in [2.24, 2.45) is 13.0 Å². The molecule has 7 nitrogen and oxygen atoms in total. The van der Waals surface area contributed by atoms with Crippen molar-refractivity contribution in [2.45, 2.75) is 32.2 Å². The van der Waals surface area contributed by atoms with Gasteiger partial charge < -0.3 is 15.0 Å². The molecule has 2 aromatic heterocycles. The second-order valence-corrected chi connectivity index (χ2v) is 7.60. The molecule has 0 unspecified atom stereocenters. The zero-order valence-electron chi connectivity index (χ0n) is 15.9. The van der Waals surface area contributed by atoms with Crippen LogP contribution in [0.4, 0.5) is 14.5 Å². The van der Waals surface area contributed by atoms with E-state index in [1.165, 1.54) is 11.0 Å². The van der Waals surface area contributed by atoms with Gasteiger partial charge in [-0.25, -0.2) is 13.8 Å². The van der Waals surface area contributed by atoms with E-state index >= 15 is 0 Å². The molecule has 2 aromatic rings. The number of nitrogens with one attached hydrogen (secondary N) is 1. The molecule has 0 bridgehead atoms. The Hall–Kier alpha value is -2.71. The average molecular weight is 391 g/mol. The number of aryl methyl sites for hydroxylation is 2. The molecule has 3 heterocycles. The third-order valence-corrected chi connectivity index (χ3v) is 4.94. The number of halogens is 2. The molecule has 9 heteroatoms. The van der Waals surface area contributed by atoms with Gasteiger partial charge in [-0.05, 0) is 43.4 Å². The first-order chi connectivity index (χ1) is 13.3. The summed E-state index contributed by atoms with van der Waals surface area (Å²) in [6.45, 7) is 1.97. The van der Waals surface area contributed by atoms with E-state index in [1.54, 1.807) is 10.7 Å². The fraction of sp³-hybridized carbons (Fsp3) is 0.526. The lowest BCUT2D eigenvalue weighted by molar-refractivity contribution is -0.0265. The number of anilines is 1. The van der Waals surface area contributed by atoms with Crippen molar-refractivity contribution in [1.29, 1.82) is 0 Å². The first-order valence-electron chi connectivity index (χ1n) is 9.35. The lowest BCUT2D eigenvalue weighted by atomic mass is 10.1. The van der Waals surface area contributed by atoms with Crippen molar-refractivity contribution in [1.82, 2.24) is 20.1 Å². The number of aromatic nitrogens is 3. The number of hydrogen-bond donors (Lipinski definition) is 1. The third kappa shape index (κ3) is 4.07. The van der Waals surface area contributed by atoms with E-state index in [0.29, 0.717) is 18.2 Å². The largest absolute Gasteiger partial charge is 0.476 e. The SMILES string of the molecule is Cc1cn(C)nc1CNC(=O)c1ccc(N2CC(F)(F)C2)c(OCC2CC2)n1. The smallest absolute Gasteiger partial charge is 0.282 e. The summed E-state index contributed by atoms with van der Waals surface area (Å²) in [6.07, 6.45) is 4.07. The van der Waals surface area contributed by atoms with E-state index in [0.717, 1.165) is 24.1 Å². The summed E-state index contributed by atoms with van der Waals surface area (Å²) >= 11 is 0. The van der Waals surface area contributed by atoms with Crippen LogP contribution < -0.4 is 15.0 Å². The Labute approximate surface area is 161 Å². The summed E-state index contributed by atoms with van der Waals surface area (Å²) in [5.74, 6) is -2.33. The standard InChI is InChI=1S/C19H23F2N5O2/c1-12-8-25(2)24-15(12)7-22-17(27)14-5-6-16(26-10-19(20,21)11-26)18(23-14)28-9-13-3-4-13/h5-6,8,13H,3-4,7,9-11H2,1-2H3,(H,22,27). The number of alkyl halides is 2. The molecule has 1 amide bonds. The summed E-state index contributed by atoms with van der Waals surface area (Å²) < 4.78 is 34.0. The van der Waals surface area contributed by atoms with E-state index in [-0.39, 0.29) is 37.1 Å². The fourth-order valence-corrected chi connectivity index (χ4v) is 3.15. The minimum absolute atomic E-state index is 0.190. The van der Waals surface area contributed by atoms with Crippen molar-refractivity contribution in [3.05, 3.63) is 35.3 Å². The van der Waals surface area contributed by atoms with E-state index in [1.807, 2.05) is 20.2 Å². The van der Waals surface area contributed by atoms with Gasteiger partial charge in [-0.2, -0.15) is 5.10 Å². The second kappa shape index (κ2) is 7.03. The van der Waals surface area contributed by atoms with Gasteiger partial charge in [0.05, 0.1) is 31.9 Å². The zero-order valence-corrected chi connectivity index (χ0v) is 15.9. The third-order valence-electron chi connectivity index (χ3n) is 4.94. The van der Waals surface area contributed by atoms with Crippen LogP contribution in [-0.4, -0.2) is 46.3 Å². The van der Waals surface area contributed by atoms with Crippen LogP contribution >= 0.6 is 0 Å². The van der Waals surface area contributed by atoms with Gasteiger partial charge >= 0.3 is 0 Å². The number of carbonyl (C=O) groups is 1. The van der Waals surface area contributed by atoms with Gasteiger partial charge in [0.15, 0.2) is 0 Å².